The average molecular weight is 383 g/mol. The zero-order chi connectivity index (χ0) is 19.0. The minimum atomic E-state index is 0.248. The van der Waals surface area contributed by atoms with Gasteiger partial charge in [-0.05, 0) is 37.7 Å². The van der Waals surface area contributed by atoms with Gasteiger partial charge in [0.05, 0.1) is 6.20 Å². The van der Waals surface area contributed by atoms with Gasteiger partial charge in [-0.2, -0.15) is 5.10 Å². The smallest absolute Gasteiger partial charge is 0.134 e. The van der Waals surface area contributed by atoms with Gasteiger partial charge in [-0.15, -0.1) is 0 Å². The fourth-order valence-electron chi connectivity index (χ4n) is 5.31. The first kappa shape index (κ1) is 17.9. The third-order valence-corrected chi connectivity index (χ3v) is 6.91. The molecule has 5 heterocycles. The number of aromatic nitrogens is 4. The maximum Gasteiger partial charge on any atom is 0.134 e. The van der Waals surface area contributed by atoms with Crippen molar-refractivity contribution in [1.29, 1.82) is 0 Å². The topological polar surface area (TPSA) is 59.3 Å². The largest absolute Gasteiger partial charge is 0.381 e. The lowest BCUT2D eigenvalue weighted by molar-refractivity contribution is 0.0171. The van der Waals surface area contributed by atoms with E-state index >= 15 is 0 Å². The molecule has 0 N–H and O–H groups in total. The lowest BCUT2D eigenvalue weighted by atomic mass is 9.70. The summed E-state index contributed by atoms with van der Waals surface area (Å²) in [6.07, 6.45) is 12.0. The Kier molecular flexibility index (Phi) is 4.70. The SMILES string of the molecule is Cn1cc(C2CN(c3cc(N4CCCCC4)ncn3)CC23CCOCC3)cn1. The third kappa shape index (κ3) is 3.26. The molecule has 5 rings (SSSR count). The van der Waals surface area contributed by atoms with Crippen LogP contribution in [0, 0.1) is 5.41 Å². The van der Waals surface area contributed by atoms with Crippen LogP contribution in [0.5, 0.6) is 0 Å². The second kappa shape index (κ2) is 7.35. The Bertz CT molecular complexity index is 809. The molecule has 3 saturated heterocycles. The van der Waals surface area contributed by atoms with E-state index in [2.05, 4.69) is 37.1 Å². The van der Waals surface area contributed by atoms with E-state index in [1.807, 2.05) is 17.9 Å². The molecule has 150 valence electrons. The van der Waals surface area contributed by atoms with Crippen molar-refractivity contribution in [2.24, 2.45) is 12.5 Å². The lowest BCUT2D eigenvalue weighted by Crippen LogP contribution is -2.36. The predicted molar refractivity (Wildman–Crippen MR) is 109 cm³/mol. The number of ether oxygens (including phenoxy) is 1. The van der Waals surface area contributed by atoms with Gasteiger partial charge in [-0.25, -0.2) is 9.97 Å². The van der Waals surface area contributed by atoms with Crippen molar-refractivity contribution >= 4 is 11.6 Å². The number of nitrogens with zero attached hydrogens (tertiary/aromatic N) is 6. The highest BCUT2D eigenvalue weighted by atomic mass is 16.5. The summed E-state index contributed by atoms with van der Waals surface area (Å²) < 4.78 is 7.63. The Morgan fingerprint density at radius 1 is 1.04 bits per heavy atom. The quantitative estimate of drug-likeness (QED) is 0.813. The molecule has 3 aliphatic heterocycles. The fourth-order valence-corrected chi connectivity index (χ4v) is 5.31. The Balaban J connectivity index is 1.43. The van der Waals surface area contributed by atoms with Gasteiger partial charge >= 0.3 is 0 Å². The van der Waals surface area contributed by atoms with Crippen molar-refractivity contribution < 1.29 is 4.74 Å². The van der Waals surface area contributed by atoms with E-state index in [9.17, 15) is 0 Å². The second-order valence-corrected chi connectivity index (χ2v) is 8.64. The van der Waals surface area contributed by atoms with Crippen LogP contribution in [0.15, 0.2) is 24.8 Å². The van der Waals surface area contributed by atoms with Gasteiger partial charge in [0.15, 0.2) is 0 Å². The summed E-state index contributed by atoms with van der Waals surface area (Å²) in [5.41, 5.74) is 1.59. The minimum absolute atomic E-state index is 0.248. The summed E-state index contributed by atoms with van der Waals surface area (Å²) in [4.78, 5) is 14.1. The standard InChI is InChI=1S/C21H30N6O/c1-25-13-17(12-24-25)18-14-27(15-21(18)5-9-28-10-6-21)20-11-19(22-16-23-20)26-7-3-2-4-8-26/h11-13,16,18H,2-10,14-15H2,1H3. The molecule has 2 aromatic heterocycles. The number of hydrogen-bond acceptors (Lipinski definition) is 6. The number of anilines is 2. The Morgan fingerprint density at radius 3 is 2.50 bits per heavy atom. The predicted octanol–water partition coefficient (Wildman–Crippen LogP) is 2.60. The van der Waals surface area contributed by atoms with Gasteiger partial charge < -0.3 is 14.5 Å². The molecule has 0 amide bonds. The molecule has 28 heavy (non-hydrogen) atoms. The first-order valence-electron chi connectivity index (χ1n) is 10.6. The van der Waals surface area contributed by atoms with Gasteiger partial charge in [-0.3, -0.25) is 4.68 Å². The summed E-state index contributed by atoms with van der Waals surface area (Å²) >= 11 is 0. The molecule has 0 aromatic carbocycles. The van der Waals surface area contributed by atoms with Crippen molar-refractivity contribution in [2.45, 2.75) is 38.0 Å². The van der Waals surface area contributed by atoms with Gasteiger partial charge in [0.25, 0.3) is 0 Å². The maximum atomic E-state index is 5.71. The molecule has 7 nitrogen and oxygen atoms in total. The zero-order valence-electron chi connectivity index (χ0n) is 16.8. The number of hydrogen-bond donors (Lipinski definition) is 0. The Morgan fingerprint density at radius 2 is 1.79 bits per heavy atom. The van der Waals surface area contributed by atoms with Crippen LogP contribution in [0.1, 0.15) is 43.6 Å². The Labute approximate surface area is 166 Å². The molecule has 1 spiro atoms. The summed E-state index contributed by atoms with van der Waals surface area (Å²) in [5.74, 6) is 2.61. The molecule has 0 aliphatic carbocycles. The van der Waals surface area contributed by atoms with E-state index in [0.29, 0.717) is 5.92 Å². The highest BCUT2D eigenvalue weighted by Crippen LogP contribution is 2.50. The Hall–Kier alpha value is -2.15. The maximum absolute atomic E-state index is 5.71. The molecule has 0 saturated carbocycles. The van der Waals surface area contributed by atoms with E-state index in [4.69, 9.17) is 4.74 Å². The van der Waals surface area contributed by atoms with Gasteiger partial charge in [0.2, 0.25) is 0 Å². The lowest BCUT2D eigenvalue weighted by Gasteiger charge is -2.37. The van der Waals surface area contributed by atoms with Crippen molar-refractivity contribution in [2.75, 3.05) is 49.2 Å². The second-order valence-electron chi connectivity index (χ2n) is 8.64. The van der Waals surface area contributed by atoms with Gasteiger partial charge in [0, 0.05) is 70.0 Å². The fraction of sp³-hybridized carbons (Fsp3) is 0.667. The third-order valence-electron chi connectivity index (χ3n) is 6.91. The average Bonchev–Trinajstić information content (AvgIpc) is 3.33. The highest BCUT2D eigenvalue weighted by molar-refractivity contribution is 5.52. The monoisotopic (exact) mass is 382 g/mol. The minimum Gasteiger partial charge on any atom is -0.381 e. The molecule has 2 aromatic rings. The van der Waals surface area contributed by atoms with E-state index in [0.717, 1.165) is 63.9 Å². The number of aryl methyl sites for hydroxylation is 1. The van der Waals surface area contributed by atoms with Crippen LogP contribution in [-0.4, -0.2) is 59.1 Å². The van der Waals surface area contributed by atoms with Crippen molar-refractivity contribution in [3.8, 4) is 0 Å². The first-order chi connectivity index (χ1) is 13.7. The van der Waals surface area contributed by atoms with E-state index < -0.39 is 0 Å². The highest BCUT2D eigenvalue weighted by Gasteiger charge is 2.48. The van der Waals surface area contributed by atoms with Crippen molar-refractivity contribution in [3.05, 3.63) is 30.4 Å². The molecular weight excluding hydrogens is 352 g/mol. The van der Waals surface area contributed by atoms with Crippen LogP contribution in [0.2, 0.25) is 0 Å². The molecule has 3 fully saturated rings. The molecule has 3 aliphatic rings. The summed E-state index contributed by atoms with van der Waals surface area (Å²) in [6, 6.07) is 2.20. The molecule has 0 bridgehead atoms. The first-order valence-corrected chi connectivity index (χ1v) is 10.6. The summed E-state index contributed by atoms with van der Waals surface area (Å²) in [6.45, 7) is 5.95. The van der Waals surface area contributed by atoms with E-state index in [1.54, 1.807) is 6.33 Å². The van der Waals surface area contributed by atoms with Crippen molar-refractivity contribution in [1.82, 2.24) is 19.7 Å². The van der Waals surface area contributed by atoms with E-state index in [1.165, 1.54) is 24.8 Å². The van der Waals surface area contributed by atoms with Crippen LogP contribution in [0.25, 0.3) is 0 Å². The van der Waals surface area contributed by atoms with Gasteiger partial charge in [0.1, 0.15) is 18.0 Å². The van der Waals surface area contributed by atoms with E-state index in [-0.39, 0.29) is 5.41 Å². The molecular formula is C21H30N6O. The van der Waals surface area contributed by atoms with Crippen LogP contribution < -0.4 is 9.80 Å². The van der Waals surface area contributed by atoms with Gasteiger partial charge in [-0.1, -0.05) is 0 Å². The number of piperidine rings is 1. The molecule has 7 heteroatoms. The van der Waals surface area contributed by atoms with Crippen LogP contribution in [0.4, 0.5) is 11.6 Å². The normalized spacial score (nSPS) is 24.8. The molecule has 1 atom stereocenters. The van der Waals surface area contributed by atoms with Crippen molar-refractivity contribution in [3.63, 3.8) is 0 Å². The van der Waals surface area contributed by atoms with Crippen LogP contribution >= 0.6 is 0 Å². The molecule has 1 unspecified atom stereocenters. The molecule has 0 radical (unpaired) electrons. The van der Waals surface area contributed by atoms with Crippen LogP contribution in [-0.2, 0) is 11.8 Å². The summed E-state index contributed by atoms with van der Waals surface area (Å²) in [5, 5.41) is 4.45. The van der Waals surface area contributed by atoms with Crippen LogP contribution in [0.3, 0.4) is 0 Å². The number of rotatable bonds is 3. The summed E-state index contributed by atoms with van der Waals surface area (Å²) in [7, 11) is 2.00. The zero-order valence-corrected chi connectivity index (χ0v) is 16.8.